The molecule has 1 aliphatic rings. The number of piperidine rings is 1. The first kappa shape index (κ1) is 24.1. The van der Waals surface area contributed by atoms with Gasteiger partial charge in [0, 0.05) is 13.1 Å². The molecule has 0 radical (unpaired) electrons. The highest BCUT2D eigenvalue weighted by Gasteiger charge is 2.24. The summed E-state index contributed by atoms with van der Waals surface area (Å²) in [4.78, 5) is 25.8. The van der Waals surface area contributed by atoms with E-state index in [0.29, 0.717) is 25.4 Å². The molecule has 1 aromatic carbocycles. The smallest absolute Gasteiger partial charge is 0.408 e. The van der Waals surface area contributed by atoms with Crippen LogP contribution in [0.5, 0.6) is 0 Å². The van der Waals surface area contributed by atoms with E-state index in [-0.39, 0.29) is 24.0 Å². The zero-order valence-electron chi connectivity index (χ0n) is 18.1. The fraction of sp³-hybridized carbons (Fsp3) is 0.619. The fourth-order valence-corrected chi connectivity index (χ4v) is 4.06. The number of carbonyl (C=O) groups excluding carboxylic acids is 2. The molecule has 8 nitrogen and oxygen atoms in total. The van der Waals surface area contributed by atoms with Crippen molar-refractivity contribution in [1.82, 2.24) is 10.2 Å². The summed E-state index contributed by atoms with van der Waals surface area (Å²) < 4.78 is 34.7. The number of amides is 2. The number of aryl methyl sites for hydroxylation is 1. The molecule has 1 saturated heterocycles. The van der Waals surface area contributed by atoms with Crippen LogP contribution in [-0.2, 0) is 23.8 Å². The molecule has 0 unspecified atom stereocenters. The largest absolute Gasteiger partial charge is 0.444 e. The number of likely N-dealkylation sites (tertiary alicyclic amines) is 1. The maximum Gasteiger partial charge on any atom is 0.408 e. The zero-order valence-corrected chi connectivity index (χ0v) is 19.0. The predicted octanol–water partition coefficient (Wildman–Crippen LogP) is 2.85. The summed E-state index contributed by atoms with van der Waals surface area (Å²) in [6.07, 6.45) is 1.54. The number of alkyl carbamates (subject to hydrolysis) is 1. The van der Waals surface area contributed by atoms with E-state index < -0.39 is 21.8 Å². The van der Waals surface area contributed by atoms with Gasteiger partial charge in [-0.1, -0.05) is 17.7 Å². The van der Waals surface area contributed by atoms with E-state index in [9.17, 15) is 18.0 Å². The van der Waals surface area contributed by atoms with Gasteiger partial charge >= 0.3 is 6.09 Å². The van der Waals surface area contributed by atoms with E-state index >= 15 is 0 Å². The first-order valence-corrected chi connectivity index (χ1v) is 11.6. The van der Waals surface area contributed by atoms with E-state index in [1.807, 2.05) is 6.92 Å². The van der Waals surface area contributed by atoms with Crippen molar-refractivity contribution in [3.05, 3.63) is 29.8 Å². The van der Waals surface area contributed by atoms with Gasteiger partial charge in [-0.2, -0.15) is 8.42 Å². The minimum absolute atomic E-state index is 0.0997. The van der Waals surface area contributed by atoms with Crippen LogP contribution in [-0.4, -0.2) is 57.2 Å². The van der Waals surface area contributed by atoms with Gasteiger partial charge in [0.05, 0.1) is 11.5 Å². The molecule has 9 heteroatoms. The summed E-state index contributed by atoms with van der Waals surface area (Å²) in [6, 6.07) is 6.56. The molecule has 1 fully saturated rings. The Morgan fingerprint density at radius 2 is 1.73 bits per heavy atom. The molecule has 0 saturated carbocycles. The van der Waals surface area contributed by atoms with Crippen molar-refractivity contribution in [2.24, 2.45) is 5.92 Å². The highest BCUT2D eigenvalue weighted by Crippen LogP contribution is 2.22. The van der Waals surface area contributed by atoms with Crippen LogP contribution in [0.15, 0.2) is 29.2 Å². The van der Waals surface area contributed by atoms with Crippen LogP contribution >= 0.6 is 0 Å². The highest BCUT2D eigenvalue weighted by molar-refractivity contribution is 7.86. The van der Waals surface area contributed by atoms with Crippen LogP contribution in [0.2, 0.25) is 0 Å². The van der Waals surface area contributed by atoms with Crippen molar-refractivity contribution in [2.75, 3.05) is 26.2 Å². The lowest BCUT2D eigenvalue weighted by atomic mass is 9.94. The Balaban J connectivity index is 1.68. The molecular formula is C21H32N2O6S. The number of hydrogen-bond donors (Lipinski definition) is 1. The van der Waals surface area contributed by atoms with Gasteiger partial charge in [-0.25, -0.2) is 4.79 Å². The van der Waals surface area contributed by atoms with Gasteiger partial charge < -0.3 is 15.0 Å². The van der Waals surface area contributed by atoms with Crippen LogP contribution in [0.4, 0.5) is 4.79 Å². The van der Waals surface area contributed by atoms with Gasteiger partial charge in [0.2, 0.25) is 5.91 Å². The molecule has 1 aromatic rings. The van der Waals surface area contributed by atoms with Gasteiger partial charge in [0.1, 0.15) is 12.1 Å². The lowest BCUT2D eigenvalue weighted by Gasteiger charge is -2.32. The molecule has 0 bridgehead atoms. The van der Waals surface area contributed by atoms with Gasteiger partial charge in [-0.15, -0.1) is 0 Å². The molecule has 30 heavy (non-hydrogen) atoms. The zero-order chi connectivity index (χ0) is 22.4. The molecule has 0 aromatic heterocycles. The molecule has 0 spiro atoms. The maximum absolute atomic E-state index is 12.3. The second-order valence-corrected chi connectivity index (χ2v) is 10.2. The summed E-state index contributed by atoms with van der Waals surface area (Å²) >= 11 is 0. The Kier molecular flexibility index (Phi) is 8.25. The number of rotatable bonds is 7. The van der Waals surface area contributed by atoms with Crippen LogP contribution in [0.25, 0.3) is 0 Å². The number of nitrogens with one attached hydrogen (secondary N) is 1. The molecule has 168 valence electrons. The molecular weight excluding hydrogens is 408 g/mol. The first-order valence-electron chi connectivity index (χ1n) is 10.2. The maximum atomic E-state index is 12.3. The van der Waals surface area contributed by atoms with Crippen molar-refractivity contribution in [3.8, 4) is 0 Å². The average molecular weight is 441 g/mol. The first-order chi connectivity index (χ1) is 14.0. The van der Waals surface area contributed by atoms with Crippen molar-refractivity contribution in [3.63, 3.8) is 0 Å². The number of nitrogens with zero attached hydrogens (tertiary/aromatic N) is 1. The van der Waals surface area contributed by atoms with E-state index in [0.717, 1.165) is 18.4 Å². The molecule has 1 heterocycles. The third-order valence-corrected chi connectivity index (χ3v) is 6.15. The van der Waals surface area contributed by atoms with Gasteiger partial charge in [-0.3, -0.25) is 8.98 Å². The monoisotopic (exact) mass is 440 g/mol. The normalized spacial score (nSPS) is 15.7. The van der Waals surface area contributed by atoms with Crippen LogP contribution in [0, 0.1) is 12.8 Å². The number of carbonyl (C=O) groups is 2. The summed E-state index contributed by atoms with van der Waals surface area (Å²) in [5.41, 5.74) is 0.372. The number of benzene rings is 1. The van der Waals surface area contributed by atoms with E-state index in [2.05, 4.69) is 5.32 Å². The Morgan fingerprint density at radius 1 is 1.13 bits per heavy atom. The van der Waals surface area contributed by atoms with Crippen LogP contribution in [0.3, 0.4) is 0 Å². The molecule has 0 aliphatic carbocycles. The van der Waals surface area contributed by atoms with E-state index in [4.69, 9.17) is 8.92 Å². The van der Waals surface area contributed by atoms with E-state index in [1.165, 1.54) is 0 Å². The minimum Gasteiger partial charge on any atom is -0.444 e. The molecule has 2 amide bonds. The SMILES string of the molecule is Cc1ccc(S(=O)(=O)OCCC2CCN(C(=O)CNC(=O)OC(C)(C)C)CC2)cc1. The molecule has 0 atom stereocenters. The average Bonchev–Trinajstić information content (AvgIpc) is 2.65. The minimum atomic E-state index is -3.75. The van der Waals surface area contributed by atoms with Gasteiger partial charge in [-0.05, 0) is 65.0 Å². The summed E-state index contributed by atoms with van der Waals surface area (Å²) in [5, 5.41) is 2.48. The number of hydrogen-bond acceptors (Lipinski definition) is 6. The summed E-state index contributed by atoms with van der Waals surface area (Å²) in [5.74, 6) is 0.138. The molecule has 1 N–H and O–H groups in total. The van der Waals surface area contributed by atoms with Crippen molar-refractivity contribution >= 4 is 22.1 Å². The Labute approximate surface area is 179 Å². The summed E-state index contributed by atoms with van der Waals surface area (Å²) in [7, 11) is -3.75. The summed E-state index contributed by atoms with van der Waals surface area (Å²) in [6.45, 7) is 8.33. The van der Waals surface area contributed by atoms with Gasteiger partial charge in [0.15, 0.2) is 0 Å². The second-order valence-electron chi connectivity index (χ2n) is 8.56. The Bertz CT molecular complexity index is 822. The Hall–Kier alpha value is -2.13. The third-order valence-electron chi connectivity index (χ3n) is 4.82. The predicted molar refractivity (Wildman–Crippen MR) is 112 cm³/mol. The third kappa shape index (κ3) is 7.95. The van der Waals surface area contributed by atoms with Crippen LogP contribution in [0.1, 0.15) is 45.6 Å². The van der Waals surface area contributed by atoms with Gasteiger partial charge in [0.25, 0.3) is 10.1 Å². The fourth-order valence-electron chi connectivity index (χ4n) is 3.14. The second kappa shape index (κ2) is 10.3. The van der Waals surface area contributed by atoms with Crippen LogP contribution < -0.4 is 5.32 Å². The number of ether oxygens (including phenoxy) is 1. The van der Waals surface area contributed by atoms with Crippen molar-refractivity contribution in [2.45, 2.75) is 57.5 Å². The standard InChI is InChI=1S/C21H32N2O6S/c1-16-5-7-18(8-6-16)30(26,27)28-14-11-17-9-12-23(13-10-17)19(24)15-22-20(25)29-21(2,3)4/h5-8,17H,9-15H2,1-4H3,(H,22,25). The van der Waals surface area contributed by atoms with E-state index in [1.54, 1.807) is 49.9 Å². The lowest BCUT2D eigenvalue weighted by molar-refractivity contribution is -0.131. The molecule has 2 rings (SSSR count). The highest BCUT2D eigenvalue weighted by atomic mass is 32.2. The van der Waals surface area contributed by atoms with Crippen molar-refractivity contribution in [1.29, 1.82) is 0 Å². The Morgan fingerprint density at radius 3 is 2.30 bits per heavy atom. The molecule has 1 aliphatic heterocycles. The lowest BCUT2D eigenvalue weighted by Crippen LogP contribution is -2.45. The topological polar surface area (TPSA) is 102 Å². The van der Waals surface area contributed by atoms with Crippen molar-refractivity contribution < 1.29 is 26.9 Å². The quantitative estimate of drug-likeness (QED) is 0.654.